The fraction of sp³-hybridized carbons (Fsp3) is 0.333. The van der Waals surface area contributed by atoms with Crippen molar-refractivity contribution in [3.63, 3.8) is 0 Å². The quantitative estimate of drug-likeness (QED) is 0.868. The first-order valence-corrected chi connectivity index (χ1v) is 8.32. The highest BCUT2D eigenvalue weighted by Crippen LogP contribution is 2.17. The molecule has 0 bridgehead atoms. The first-order valence-electron chi connectivity index (χ1n) is 6.02. The third-order valence-electron chi connectivity index (χ3n) is 2.62. The first kappa shape index (κ1) is 14.9. The SMILES string of the molecule is Cc1ccc(CC(C)NS(=O)(=O)c2cnc(N)nc2)s1. The van der Waals surface area contributed by atoms with Gasteiger partial charge >= 0.3 is 0 Å². The molecule has 6 nitrogen and oxygen atoms in total. The van der Waals surface area contributed by atoms with Crippen molar-refractivity contribution in [1.29, 1.82) is 0 Å². The van der Waals surface area contributed by atoms with E-state index in [0.29, 0.717) is 6.42 Å². The van der Waals surface area contributed by atoms with E-state index in [9.17, 15) is 8.42 Å². The van der Waals surface area contributed by atoms with E-state index in [1.165, 1.54) is 17.3 Å². The van der Waals surface area contributed by atoms with Crippen LogP contribution in [0.1, 0.15) is 16.7 Å². The number of nitrogens with one attached hydrogen (secondary N) is 1. The second-order valence-electron chi connectivity index (χ2n) is 4.52. The molecule has 108 valence electrons. The summed E-state index contributed by atoms with van der Waals surface area (Å²) in [6.07, 6.45) is 3.05. The number of thiophene rings is 1. The standard InChI is InChI=1S/C12H16N4O2S2/c1-8(5-10-4-3-9(2)19-10)16-20(17,18)11-6-14-12(13)15-7-11/h3-4,6-8,16H,5H2,1-2H3,(H2,13,14,15). The van der Waals surface area contributed by atoms with Crippen LogP contribution < -0.4 is 10.5 Å². The Morgan fingerprint density at radius 2 is 2.00 bits per heavy atom. The van der Waals surface area contributed by atoms with Gasteiger partial charge in [0, 0.05) is 15.8 Å². The van der Waals surface area contributed by atoms with Gasteiger partial charge in [0.15, 0.2) is 0 Å². The van der Waals surface area contributed by atoms with Gasteiger partial charge in [-0.05, 0) is 32.4 Å². The van der Waals surface area contributed by atoms with Gasteiger partial charge in [-0.3, -0.25) is 0 Å². The molecule has 0 spiro atoms. The second-order valence-corrected chi connectivity index (χ2v) is 7.60. The predicted octanol–water partition coefficient (Wildman–Crippen LogP) is 1.34. The summed E-state index contributed by atoms with van der Waals surface area (Å²) in [5.41, 5.74) is 5.34. The molecule has 0 saturated heterocycles. The van der Waals surface area contributed by atoms with E-state index in [1.54, 1.807) is 11.3 Å². The van der Waals surface area contributed by atoms with Crippen molar-refractivity contribution in [2.75, 3.05) is 5.73 Å². The van der Waals surface area contributed by atoms with Crippen LogP contribution in [0.4, 0.5) is 5.95 Å². The van der Waals surface area contributed by atoms with E-state index >= 15 is 0 Å². The van der Waals surface area contributed by atoms with Gasteiger partial charge < -0.3 is 5.73 Å². The van der Waals surface area contributed by atoms with Crippen LogP contribution in [-0.2, 0) is 16.4 Å². The van der Waals surface area contributed by atoms with Crippen molar-refractivity contribution >= 4 is 27.3 Å². The Kier molecular flexibility index (Phi) is 4.36. The topological polar surface area (TPSA) is 98.0 Å². The number of sulfonamides is 1. The van der Waals surface area contributed by atoms with Crippen molar-refractivity contribution in [3.05, 3.63) is 34.3 Å². The molecule has 1 atom stereocenters. The van der Waals surface area contributed by atoms with Crippen molar-refractivity contribution in [3.8, 4) is 0 Å². The van der Waals surface area contributed by atoms with Gasteiger partial charge in [0.2, 0.25) is 16.0 Å². The smallest absolute Gasteiger partial charge is 0.243 e. The maximum atomic E-state index is 12.1. The number of aromatic nitrogens is 2. The van der Waals surface area contributed by atoms with Gasteiger partial charge in [0.05, 0.1) is 12.4 Å². The fourth-order valence-corrected chi connectivity index (χ4v) is 3.89. The number of anilines is 1. The van der Waals surface area contributed by atoms with E-state index in [-0.39, 0.29) is 16.9 Å². The van der Waals surface area contributed by atoms with Crippen molar-refractivity contribution in [1.82, 2.24) is 14.7 Å². The Morgan fingerprint density at radius 1 is 1.35 bits per heavy atom. The number of nitrogens with two attached hydrogens (primary N) is 1. The number of rotatable bonds is 5. The van der Waals surface area contributed by atoms with Gasteiger partial charge in [0.25, 0.3) is 0 Å². The number of nitrogen functional groups attached to an aromatic ring is 1. The summed E-state index contributed by atoms with van der Waals surface area (Å²) in [7, 11) is -3.62. The summed E-state index contributed by atoms with van der Waals surface area (Å²) < 4.78 is 26.8. The number of aryl methyl sites for hydroxylation is 1. The van der Waals surface area contributed by atoms with Crippen LogP contribution in [0.25, 0.3) is 0 Å². The van der Waals surface area contributed by atoms with Crippen LogP contribution in [-0.4, -0.2) is 24.4 Å². The summed E-state index contributed by atoms with van der Waals surface area (Å²) in [5, 5.41) is 0. The molecule has 0 aromatic carbocycles. The van der Waals surface area contributed by atoms with E-state index < -0.39 is 10.0 Å². The molecule has 1 unspecified atom stereocenters. The Labute approximate surface area is 122 Å². The van der Waals surface area contributed by atoms with Gasteiger partial charge in [-0.25, -0.2) is 23.1 Å². The molecule has 0 fully saturated rings. The van der Waals surface area contributed by atoms with Gasteiger partial charge in [-0.1, -0.05) is 0 Å². The lowest BCUT2D eigenvalue weighted by atomic mass is 10.2. The molecule has 0 aliphatic heterocycles. The number of hydrogen-bond acceptors (Lipinski definition) is 6. The molecular weight excluding hydrogens is 296 g/mol. The highest BCUT2D eigenvalue weighted by atomic mass is 32.2. The third kappa shape index (κ3) is 3.75. The highest BCUT2D eigenvalue weighted by Gasteiger charge is 2.18. The van der Waals surface area contributed by atoms with Crippen molar-refractivity contribution in [2.24, 2.45) is 0 Å². The van der Waals surface area contributed by atoms with E-state index in [1.807, 2.05) is 26.0 Å². The van der Waals surface area contributed by atoms with Crippen LogP contribution in [0.3, 0.4) is 0 Å². The summed E-state index contributed by atoms with van der Waals surface area (Å²) >= 11 is 1.66. The zero-order chi connectivity index (χ0) is 14.8. The second kappa shape index (κ2) is 5.86. The van der Waals surface area contributed by atoms with Crippen molar-refractivity contribution < 1.29 is 8.42 Å². The molecule has 0 aliphatic rings. The van der Waals surface area contributed by atoms with Crippen LogP contribution >= 0.6 is 11.3 Å². The fourth-order valence-electron chi connectivity index (χ4n) is 1.74. The lowest BCUT2D eigenvalue weighted by Gasteiger charge is -2.13. The molecule has 0 radical (unpaired) electrons. The minimum atomic E-state index is -3.62. The zero-order valence-corrected chi connectivity index (χ0v) is 12.8. The summed E-state index contributed by atoms with van der Waals surface area (Å²) in [4.78, 5) is 9.75. The van der Waals surface area contributed by atoms with E-state index in [2.05, 4.69) is 14.7 Å². The van der Waals surface area contributed by atoms with Gasteiger partial charge in [-0.2, -0.15) is 0 Å². The number of nitrogens with zero attached hydrogens (tertiary/aromatic N) is 2. The third-order valence-corrected chi connectivity index (χ3v) is 5.19. The van der Waals surface area contributed by atoms with Crippen LogP contribution in [0, 0.1) is 6.92 Å². The zero-order valence-electron chi connectivity index (χ0n) is 11.2. The first-order chi connectivity index (χ1) is 9.37. The molecule has 0 aliphatic carbocycles. The van der Waals surface area contributed by atoms with Crippen LogP contribution in [0.5, 0.6) is 0 Å². The molecule has 0 amide bonds. The summed E-state index contributed by atoms with van der Waals surface area (Å²) in [6.45, 7) is 3.85. The Morgan fingerprint density at radius 3 is 2.55 bits per heavy atom. The van der Waals surface area contributed by atoms with E-state index in [0.717, 1.165) is 4.88 Å². The Bertz CT molecular complexity index is 680. The largest absolute Gasteiger partial charge is 0.368 e. The molecule has 2 aromatic rings. The van der Waals surface area contributed by atoms with Crippen LogP contribution in [0.15, 0.2) is 29.4 Å². The minimum absolute atomic E-state index is 0.0147. The number of hydrogen-bond donors (Lipinski definition) is 2. The molecule has 2 heterocycles. The molecule has 3 N–H and O–H groups in total. The minimum Gasteiger partial charge on any atom is -0.368 e. The Hall–Kier alpha value is -1.51. The molecule has 20 heavy (non-hydrogen) atoms. The highest BCUT2D eigenvalue weighted by molar-refractivity contribution is 7.89. The molecule has 2 aromatic heterocycles. The maximum absolute atomic E-state index is 12.1. The lowest BCUT2D eigenvalue weighted by molar-refractivity contribution is 0.560. The monoisotopic (exact) mass is 312 g/mol. The van der Waals surface area contributed by atoms with Gasteiger partial charge in [-0.15, -0.1) is 11.3 Å². The normalized spacial score (nSPS) is 13.3. The average Bonchev–Trinajstić information content (AvgIpc) is 2.74. The Balaban J connectivity index is 2.06. The molecule has 8 heteroatoms. The van der Waals surface area contributed by atoms with Crippen molar-refractivity contribution in [2.45, 2.75) is 31.2 Å². The molecular formula is C12H16N4O2S2. The van der Waals surface area contributed by atoms with E-state index in [4.69, 9.17) is 5.73 Å². The lowest BCUT2D eigenvalue weighted by Crippen LogP contribution is -2.34. The summed E-state index contributed by atoms with van der Waals surface area (Å²) in [5.74, 6) is 0.0473. The molecule has 2 rings (SSSR count). The average molecular weight is 312 g/mol. The predicted molar refractivity (Wildman–Crippen MR) is 79.0 cm³/mol. The maximum Gasteiger partial charge on any atom is 0.243 e. The van der Waals surface area contributed by atoms with Crippen LogP contribution in [0.2, 0.25) is 0 Å². The molecule has 0 saturated carbocycles. The van der Waals surface area contributed by atoms with Gasteiger partial charge in [0.1, 0.15) is 4.90 Å². The summed E-state index contributed by atoms with van der Waals surface area (Å²) in [6, 6.07) is 3.82.